The van der Waals surface area contributed by atoms with Crippen molar-refractivity contribution in [3.05, 3.63) is 80.7 Å². The van der Waals surface area contributed by atoms with Gasteiger partial charge in [0.2, 0.25) is 10.0 Å². The van der Waals surface area contributed by atoms with Crippen LogP contribution in [0.15, 0.2) is 53.3 Å². The molecule has 0 aliphatic heterocycles. The quantitative estimate of drug-likeness (QED) is 0.240. The fourth-order valence-corrected chi connectivity index (χ4v) is 5.18. The van der Waals surface area contributed by atoms with E-state index < -0.39 is 52.7 Å². The Kier molecular flexibility index (Phi) is 10.2. The maximum absolute atomic E-state index is 13.4. The SMILES string of the molecule is CC(C)(C)OC[C@H](NS(C)(=O)=O)c1nc(Cn2nc(-c3ccc(Cl)cc3)n(C[C@H](O)C(F)(F)F)c2=O)nn1-c1ccccc1Cl. The predicted molar refractivity (Wildman–Crippen MR) is 161 cm³/mol. The largest absolute Gasteiger partial charge is 0.416 e. The van der Waals surface area contributed by atoms with Crippen LogP contribution in [0.1, 0.15) is 38.5 Å². The molecule has 244 valence electrons. The van der Waals surface area contributed by atoms with Gasteiger partial charge >= 0.3 is 11.9 Å². The highest BCUT2D eigenvalue weighted by Crippen LogP contribution is 2.26. The van der Waals surface area contributed by atoms with Gasteiger partial charge in [0, 0.05) is 10.6 Å². The molecule has 2 N–H and O–H groups in total. The van der Waals surface area contributed by atoms with Crippen LogP contribution >= 0.6 is 23.2 Å². The van der Waals surface area contributed by atoms with E-state index in [-0.39, 0.29) is 34.7 Å². The van der Waals surface area contributed by atoms with Crippen molar-refractivity contribution in [2.75, 3.05) is 12.9 Å². The second-order valence-corrected chi connectivity index (χ2v) is 13.7. The summed E-state index contributed by atoms with van der Waals surface area (Å²) in [5, 5.41) is 19.1. The molecule has 0 unspecified atom stereocenters. The molecule has 0 fully saturated rings. The molecule has 12 nitrogen and oxygen atoms in total. The van der Waals surface area contributed by atoms with Crippen molar-refractivity contribution in [1.82, 2.24) is 33.8 Å². The van der Waals surface area contributed by atoms with Crippen molar-refractivity contribution in [3.8, 4) is 17.1 Å². The van der Waals surface area contributed by atoms with E-state index in [0.717, 1.165) is 10.9 Å². The number of nitrogens with zero attached hydrogens (tertiary/aromatic N) is 6. The van der Waals surface area contributed by atoms with Crippen molar-refractivity contribution in [2.24, 2.45) is 0 Å². The van der Waals surface area contributed by atoms with Gasteiger partial charge in [0.15, 0.2) is 23.6 Å². The zero-order valence-electron chi connectivity index (χ0n) is 24.5. The molecule has 4 rings (SSSR count). The second-order valence-electron chi connectivity index (χ2n) is 11.1. The highest BCUT2D eigenvalue weighted by Gasteiger charge is 2.39. The number of alkyl halides is 3. The Morgan fingerprint density at radius 3 is 2.27 bits per heavy atom. The van der Waals surface area contributed by atoms with E-state index in [1.54, 1.807) is 45.0 Å². The lowest BCUT2D eigenvalue weighted by Crippen LogP contribution is -2.37. The number of aliphatic hydroxyl groups excluding tert-OH is 1. The van der Waals surface area contributed by atoms with Crippen molar-refractivity contribution >= 4 is 33.2 Å². The summed E-state index contributed by atoms with van der Waals surface area (Å²) in [6, 6.07) is 11.3. The van der Waals surface area contributed by atoms with Crippen LogP contribution in [0.25, 0.3) is 17.1 Å². The first-order chi connectivity index (χ1) is 20.8. The first-order valence-corrected chi connectivity index (χ1v) is 16.0. The minimum Gasteiger partial charge on any atom is -0.382 e. The Morgan fingerprint density at radius 2 is 1.69 bits per heavy atom. The summed E-state index contributed by atoms with van der Waals surface area (Å²) in [7, 11) is -3.80. The number of para-hydroxylation sites is 1. The van der Waals surface area contributed by atoms with Crippen LogP contribution in [0.4, 0.5) is 13.2 Å². The molecule has 0 saturated heterocycles. The normalized spacial score (nSPS) is 14.1. The van der Waals surface area contributed by atoms with Gasteiger partial charge in [-0.15, -0.1) is 10.2 Å². The highest BCUT2D eigenvalue weighted by molar-refractivity contribution is 7.88. The Labute approximate surface area is 266 Å². The minimum atomic E-state index is -5.00. The fraction of sp³-hybridized carbons (Fsp3) is 0.407. The number of hydrogen-bond acceptors (Lipinski definition) is 8. The number of ether oxygens (including phenoxy) is 1. The molecule has 2 heterocycles. The van der Waals surface area contributed by atoms with E-state index >= 15 is 0 Å². The van der Waals surface area contributed by atoms with Gasteiger partial charge in [0.05, 0.1) is 35.7 Å². The van der Waals surface area contributed by atoms with Crippen LogP contribution in [-0.2, 0) is 27.8 Å². The molecule has 2 atom stereocenters. The first-order valence-electron chi connectivity index (χ1n) is 13.3. The summed E-state index contributed by atoms with van der Waals surface area (Å²) < 4.78 is 75.7. The molecular formula is C27H30Cl2F3N7O5S. The topological polar surface area (TPSA) is 146 Å². The number of hydrogen-bond donors (Lipinski definition) is 2. The monoisotopic (exact) mass is 691 g/mol. The van der Waals surface area contributed by atoms with Gasteiger partial charge in [0.25, 0.3) is 0 Å². The van der Waals surface area contributed by atoms with E-state index in [2.05, 4.69) is 19.9 Å². The van der Waals surface area contributed by atoms with Crippen LogP contribution in [-0.4, -0.2) is 73.4 Å². The van der Waals surface area contributed by atoms with Crippen LogP contribution < -0.4 is 10.4 Å². The van der Waals surface area contributed by atoms with Crippen LogP contribution in [0.2, 0.25) is 10.0 Å². The lowest BCUT2D eigenvalue weighted by Gasteiger charge is -2.24. The molecule has 0 aliphatic carbocycles. The molecule has 0 amide bonds. The predicted octanol–water partition coefficient (Wildman–Crippen LogP) is 3.98. The lowest BCUT2D eigenvalue weighted by atomic mass is 10.2. The fourth-order valence-electron chi connectivity index (χ4n) is 4.15. The van der Waals surface area contributed by atoms with E-state index in [9.17, 15) is 31.5 Å². The number of halogens is 5. The van der Waals surface area contributed by atoms with Gasteiger partial charge in [-0.3, -0.25) is 4.57 Å². The standard InChI is InChI=1S/C27H30Cl2F3N7O5S/c1-26(2,3)44-15-19(36-45(4,42)43)24-33-22(34-39(24)20-8-6-5-7-18(20)29)14-38-25(41)37(13-21(40)27(30,31)32)23(35-38)16-9-11-17(28)12-10-16/h5-12,19,21,36,40H,13-15H2,1-4H3/t19-,21-/m0/s1. The third-order valence-corrected chi connectivity index (χ3v) is 7.44. The van der Waals surface area contributed by atoms with Gasteiger partial charge in [-0.2, -0.15) is 13.2 Å². The van der Waals surface area contributed by atoms with Crippen LogP contribution in [0.3, 0.4) is 0 Å². The zero-order chi connectivity index (χ0) is 33.3. The summed E-state index contributed by atoms with van der Waals surface area (Å²) in [5.74, 6) is -0.154. The lowest BCUT2D eigenvalue weighted by molar-refractivity contribution is -0.207. The number of aromatic nitrogens is 6. The molecule has 45 heavy (non-hydrogen) atoms. The van der Waals surface area contributed by atoms with Gasteiger partial charge in [-0.1, -0.05) is 35.3 Å². The number of nitrogens with one attached hydrogen (secondary N) is 1. The molecular weight excluding hydrogens is 662 g/mol. The van der Waals surface area contributed by atoms with Gasteiger partial charge in [-0.25, -0.2) is 32.3 Å². The molecule has 0 radical (unpaired) electrons. The minimum absolute atomic E-state index is 0.0493. The number of rotatable bonds is 11. The molecule has 4 aromatic rings. The molecule has 2 aromatic carbocycles. The van der Waals surface area contributed by atoms with Crippen LogP contribution in [0.5, 0.6) is 0 Å². The Balaban J connectivity index is 1.84. The average Bonchev–Trinajstić information content (AvgIpc) is 3.47. The number of benzene rings is 2. The Hall–Kier alpha value is -3.28. The van der Waals surface area contributed by atoms with E-state index in [1.807, 2.05) is 0 Å². The van der Waals surface area contributed by atoms with E-state index in [0.29, 0.717) is 15.3 Å². The third-order valence-electron chi connectivity index (χ3n) is 6.16. The van der Waals surface area contributed by atoms with E-state index in [4.69, 9.17) is 27.9 Å². The molecule has 0 aliphatic rings. The molecule has 0 saturated carbocycles. The molecule has 18 heteroatoms. The first kappa shape index (κ1) is 34.6. The van der Waals surface area contributed by atoms with Gasteiger partial charge in [0.1, 0.15) is 12.6 Å². The molecule has 0 bridgehead atoms. The summed E-state index contributed by atoms with van der Waals surface area (Å²) in [6.07, 6.45) is -6.89. The maximum Gasteiger partial charge on any atom is 0.416 e. The maximum atomic E-state index is 13.4. The zero-order valence-corrected chi connectivity index (χ0v) is 26.8. The van der Waals surface area contributed by atoms with Crippen molar-refractivity contribution in [2.45, 2.75) is 57.8 Å². The van der Waals surface area contributed by atoms with Crippen molar-refractivity contribution in [3.63, 3.8) is 0 Å². The van der Waals surface area contributed by atoms with E-state index in [1.165, 1.54) is 28.9 Å². The molecule has 0 spiro atoms. The summed E-state index contributed by atoms with van der Waals surface area (Å²) in [6.45, 7) is 3.62. The van der Waals surface area contributed by atoms with Gasteiger partial charge < -0.3 is 9.84 Å². The van der Waals surface area contributed by atoms with Crippen molar-refractivity contribution in [1.29, 1.82) is 0 Å². The van der Waals surface area contributed by atoms with Crippen LogP contribution in [0, 0.1) is 0 Å². The third kappa shape index (κ3) is 8.92. The molecule has 2 aromatic heterocycles. The Morgan fingerprint density at radius 1 is 1.04 bits per heavy atom. The highest BCUT2D eigenvalue weighted by atomic mass is 35.5. The smallest absolute Gasteiger partial charge is 0.382 e. The van der Waals surface area contributed by atoms with Crippen molar-refractivity contribution < 1.29 is 31.4 Å². The second kappa shape index (κ2) is 13.2. The number of sulfonamides is 1. The summed E-state index contributed by atoms with van der Waals surface area (Å²) in [4.78, 5) is 17.9. The van der Waals surface area contributed by atoms with Gasteiger partial charge in [-0.05, 0) is 57.2 Å². The number of aliphatic hydroxyl groups is 1. The summed E-state index contributed by atoms with van der Waals surface area (Å²) >= 11 is 12.4. The Bertz CT molecular complexity index is 1820. The average molecular weight is 693 g/mol. The summed E-state index contributed by atoms with van der Waals surface area (Å²) in [5.41, 5.74) is -1.05.